The molecule has 0 aliphatic carbocycles. The van der Waals surface area contributed by atoms with Crippen LogP contribution in [0, 0.1) is 0 Å². The Labute approximate surface area is 101 Å². The van der Waals surface area contributed by atoms with Gasteiger partial charge >= 0.3 is 0 Å². The molecule has 1 aromatic heterocycles. The number of aromatic nitrogens is 1. The average molecular weight is 254 g/mol. The Hall–Kier alpha value is -1.59. The molecule has 6 heteroatoms. The van der Waals surface area contributed by atoms with Gasteiger partial charge in [0.25, 0.3) is 5.91 Å². The lowest BCUT2D eigenvalue weighted by molar-refractivity contribution is 0.102. The number of nitrogens with zero attached hydrogens (tertiary/aromatic N) is 1. The van der Waals surface area contributed by atoms with Crippen LogP contribution in [0.2, 0.25) is 5.02 Å². The molecule has 0 fully saturated rings. The molecule has 1 aromatic carbocycles. The van der Waals surface area contributed by atoms with Gasteiger partial charge in [0.15, 0.2) is 5.69 Å². The fourth-order valence-corrected chi connectivity index (χ4v) is 1.80. The first-order valence-electron chi connectivity index (χ1n) is 4.42. The van der Waals surface area contributed by atoms with Gasteiger partial charge in [-0.3, -0.25) is 4.79 Å². The standard InChI is InChI=1S/C10H8ClN3OS/c11-6-1-3-7(4-2-6)14-10(15)8-9(12)16-5-13-8/h1-5H,12H2,(H,14,15). The molecule has 4 nitrogen and oxygen atoms in total. The van der Waals surface area contributed by atoms with Gasteiger partial charge in [0, 0.05) is 10.7 Å². The number of nitrogens with one attached hydrogen (secondary N) is 1. The predicted molar refractivity (Wildman–Crippen MR) is 65.9 cm³/mol. The number of thiazole rings is 1. The van der Waals surface area contributed by atoms with Gasteiger partial charge in [-0.25, -0.2) is 4.98 Å². The van der Waals surface area contributed by atoms with Crippen LogP contribution in [0.4, 0.5) is 10.7 Å². The van der Waals surface area contributed by atoms with Crippen LogP contribution in [-0.4, -0.2) is 10.9 Å². The van der Waals surface area contributed by atoms with Crippen molar-refractivity contribution < 1.29 is 4.79 Å². The number of halogens is 1. The van der Waals surface area contributed by atoms with E-state index in [4.69, 9.17) is 17.3 Å². The molecule has 3 N–H and O–H groups in total. The molecule has 2 aromatic rings. The number of carbonyl (C=O) groups is 1. The second-order valence-corrected chi connectivity index (χ2v) is 4.35. The van der Waals surface area contributed by atoms with Crippen LogP contribution in [0.5, 0.6) is 0 Å². The van der Waals surface area contributed by atoms with Crippen LogP contribution >= 0.6 is 22.9 Å². The number of carbonyl (C=O) groups excluding carboxylic acids is 1. The van der Waals surface area contributed by atoms with E-state index in [1.165, 1.54) is 16.8 Å². The zero-order valence-electron chi connectivity index (χ0n) is 8.11. The second kappa shape index (κ2) is 4.51. The molecule has 0 unspecified atom stereocenters. The van der Waals surface area contributed by atoms with Crippen molar-refractivity contribution in [3.63, 3.8) is 0 Å². The van der Waals surface area contributed by atoms with Gasteiger partial charge in [0.1, 0.15) is 5.00 Å². The Morgan fingerprint density at radius 2 is 2.06 bits per heavy atom. The maximum absolute atomic E-state index is 11.7. The Kier molecular flexibility index (Phi) is 3.07. The Bertz CT molecular complexity index is 509. The number of rotatable bonds is 2. The van der Waals surface area contributed by atoms with E-state index in [9.17, 15) is 4.79 Å². The molecule has 0 aliphatic rings. The van der Waals surface area contributed by atoms with E-state index >= 15 is 0 Å². The van der Waals surface area contributed by atoms with Crippen LogP contribution in [0.25, 0.3) is 0 Å². The highest BCUT2D eigenvalue weighted by molar-refractivity contribution is 7.14. The lowest BCUT2D eigenvalue weighted by atomic mass is 10.3. The first kappa shape index (κ1) is 10.9. The van der Waals surface area contributed by atoms with Gasteiger partial charge < -0.3 is 11.1 Å². The number of nitrogen functional groups attached to an aromatic ring is 1. The molecule has 0 saturated carbocycles. The molecule has 16 heavy (non-hydrogen) atoms. The molecular weight excluding hydrogens is 246 g/mol. The highest BCUT2D eigenvalue weighted by Gasteiger charge is 2.12. The summed E-state index contributed by atoms with van der Waals surface area (Å²) in [4.78, 5) is 15.6. The molecule has 2 rings (SSSR count). The SMILES string of the molecule is Nc1scnc1C(=O)Nc1ccc(Cl)cc1. The summed E-state index contributed by atoms with van der Waals surface area (Å²) in [5, 5.41) is 3.70. The third kappa shape index (κ3) is 2.32. The van der Waals surface area contributed by atoms with Crippen LogP contribution in [0.3, 0.4) is 0 Å². The average Bonchev–Trinajstić information content (AvgIpc) is 2.68. The third-order valence-electron chi connectivity index (χ3n) is 1.91. The van der Waals surface area contributed by atoms with Crippen molar-refractivity contribution in [1.82, 2.24) is 4.98 Å². The topological polar surface area (TPSA) is 68.0 Å². The van der Waals surface area contributed by atoms with E-state index in [2.05, 4.69) is 10.3 Å². The predicted octanol–water partition coefficient (Wildman–Crippen LogP) is 2.63. The monoisotopic (exact) mass is 253 g/mol. The van der Waals surface area contributed by atoms with E-state index in [0.29, 0.717) is 15.7 Å². The van der Waals surface area contributed by atoms with Gasteiger partial charge in [0.05, 0.1) is 5.51 Å². The van der Waals surface area contributed by atoms with Crippen LogP contribution in [0.15, 0.2) is 29.8 Å². The fourth-order valence-electron chi connectivity index (χ4n) is 1.15. The first-order valence-corrected chi connectivity index (χ1v) is 5.68. The number of hydrogen-bond donors (Lipinski definition) is 2. The van der Waals surface area contributed by atoms with E-state index < -0.39 is 0 Å². The van der Waals surface area contributed by atoms with Crippen molar-refractivity contribution in [2.75, 3.05) is 11.1 Å². The number of anilines is 2. The molecule has 0 aliphatic heterocycles. The molecule has 1 heterocycles. The quantitative estimate of drug-likeness (QED) is 0.865. The minimum absolute atomic E-state index is 0.250. The molecule has 0 bridgehead atoms. The van der Waals surface area contributed by atoms with Gasteiger partial charge in [-0.05, 0) is 24.3 Å². The summed E-state index contributed by atoms with van der Waals surface area (Å²) in [6, 6.07) is 6.81. The van der Waals surface area contributed by atoms with Crippen LogP contribution in [-0.2, 0) is 0 Å². The molecule has 1 amide bonds. The van der Waals surface area contributed by atoms with E-state index in [-0.39, 0.29) is 11.6 Å². The maximum Gasteiger partial charge on any atom is 0.277 e. The molecular formula is C10H8ClN3OS. The summed E-state index contributed by atoms with van der Waals surface area (Å²) in [5.41, 5.74) is 8.03. The Morgan fingerprint density at radius 1 is 1.38 bits per heavy atom. The van der Waals surface area contributed by atoms with Gasteiger partial charge in [-0.2, -0.15) is 0 Å². The van der Waals surface area contributed by atoms with Gasteiger partial charge in [-0.15, -0.1) is 11.3 Å². The summed E-state index contributed by atoms with van der Waals surface area (Å²) >= 11 is 6.96. The van der Waals surface area contributed by atoms with E-state index in [1.54, 1.807) is 24.3 Å². The van der Waals surface area contributed by atoms with Crippen LogP contribution < -0.4 is 11.1 Å². The van der Waals surface area contributed by atoms with Crippen molar-refractivity contribution >= 4 is 39.5 Å². The minimum Gasteiger partial charge on any atom is -0.389 e. The fraction of sp³-hybridized carbons (Fsp3) is 0. The van der Waals surface area contributed by atoms with E-state index in [1.807, 2.05) is 0 Å². The lowest BCUT2D eigenvalue weighted by Gasteiger charge is -2.03. The number of benzene rings is 1. The van der Waals surface area contributed by atoms with Crippen LogP contribution in [0.1, 0.15) is 10.5 Å². The number of amides is 1. The summed E-state index contributed by atoms with van der Waals surface area (Å²) < 4.78 is 0. The molecule has 0 atom stereocenters. The molecule has 0 saturated heterocycles. The van der Waals surface area contributed by atoms with E-state index in [0.717, 1.165) is 0 Å². The normalized spacial score (nSPS) is 10.1. The zero-order valence-corrected chi connectivity index (χ0v) is 9.68. The highest BCUT2D eigenvalue weighted by Crippen LogP contribution is 2.18. The Morgan fingerprint density at radius 3 is 2.62 bits per heavy atom. The van der Waals surface area contributed by atoms with Gasteiger partial charge in [0.2, 0.25) is 0 Å². The largest absolute Gasteiger partial charge is 0.389 e. The van der Waals surface area contributed by atoms with Gasteiger partial charge in [-0.1, -0.05) is 11.6 Å². The van der Waals surface area contributed by atoms with Crippen molar-refractivity contribution in [2.24, 2.45) is 0 Å². The molecule has 0 radical (unpaired) electrons. The third-order valence-corrected chi connectivity index (χ3v) is 2.82. The van der Waals surface area contributed by atoms with Crippen molar-refractivity contribution in [1.29, 1.82) is 0 Å². The minimum atomic E-state index is -0.318. The highest BCUT2D eigenvalue weighted by atomic mass is 35.5. The molecule has 0 spiro atoms. The van der Waals surface area contributed by atoms with Crippen molar-refractivity contribution in [3.8, 4) is 0 Å². The maximum atomic E-state index is 11.7. The number of nitrogens with two attached hydrogens (primary N) is 1. The summed E-state index contributed by atoms with van der Waals surface area (Å²) in [6.45, 7) is 0. The summed E-state index contributed by atoms with van der Waals surface area (Å²) in [7, 11) is 0. The number of hydrogen-bond acceptors (Lipinski definition) is 4. The smallest absolute Gasteiger partial charge is 0.277 e. The van der Waals surface area contributed by atoms with Crippen molar-refractivity contribution in [2.45, 2.75) is 0 Å². The Balaban J connectivity index is 2.14. The second-order valence-electron chi connectivity index (χ2n) is 3.03. The lowest BCUT2D eigenvalue weighted by Crippen LogP contribution is -2.13. The summed E-state index contributed by atoms with van der Waals surface area (Å²) in [5.74, 6) is -0.318. The first-order chi connectivity index (χ1) is 7.66. The molecule has 82 valence electrons. The zero-order chi connectivity index (χ0) is 11.5. The summed E-state index contributed by atoms with van der Waals surface area (Å²) in [6.07, 6.45) is 0. The van der Waals surface area contributed by atoms with Crippen molar-refractivity contribution in [3.05, 3.63) is 40.5 Å².